The Morgan fingerprint density at radius 2 is 1.86 bits per heavy atom. The topological polar surface area (TPSA) is 89.6 Å². The first-order valence-corrected chi connectivity index (χ1v) is 6.32. The van der Waals surface area contributed by atoms with Gasteiger partial charge in [-0.3, -0.25) is 0 Å². The van der Waals surface area contributed by atoms with Gasteiger partial charge in [0.25, 0.3) is 0 Å². The van der Waals surface area contributed by atoms with E-state index in [4.69, 9.17) is 5.11 Å². The zero-order chi connectivity index (χ0) is 11.0. The lowest BCUT2D eigenvalue weighted by Gasteiger charge is -2.08. The molecule has 0 heterocycles. The number of rotatable bonds is 8. The van der Waals surface area contributed by atoms with E-state index in [2.05, 4.69) is 17.1 Å². The van der Waals surface area contributed by atoms with Crippen LogP contribution in [0.2, 0.25) is 0 Å². The first kappa shape index (κ1) is 13.8. The Kier molecular flexibility index (Phi) is 7.08. The minimum absolute atomic E-state index is 0.184. The Balaban J connectivity index is 3.59. The summed E-state index contributed by atoms with van der Waals surface area (Å²) in [6, 6.07) is 0. The Bertz CT molecular complexity index is 227. The zero-order valence-corrected chi connectivity index (χ0v) is 9.29. The molecular weight excluding hydrogens is 206 g/mol. The second kappa shape index (κ2) is 7.17. The van der Waals surface area contributed by atoms with E-state index in [1.54, 1.807) is 0 Å². The van der Waals surface area contributed by atoms with Gasteiger partial charge in [0.15, 0.2) is 5.44 Å². The van der Waals surface area contributed by atoms with Crippen molar-refractivity contribution in [2.24, 2.45) is 5.90 Å². The maximum absolute atomic E-state index is 10.8. The van der Waals surface area contributed by atoms with Crippen LogP contribution < -0.4 is 5.90 Å². The predicted octanol–water partition coefficient (Wildman–Crippen LogP) is 0.885. The quantitative estimate of drug-likeness (QED) is 0.473. The highest BCUT2D eigenvalue weighted by molar-refractivity contribution is 7.87. The highest BCUT2D eigenvalue weighted by Crippen LogP contribution is 2.11. The van der Waals surface area contributed by atoms with Crippen molar-refractivity contribution in [3.8, 4) is 0 Å². The molecule has 0 rings (SSSR count). The number of nitrogens with two attached hydrogens (primary N) is 1. The van der Waals surface area contributed by atoms with E-state index < -0.39 is 15.6 Å². The lowest BCUT2D eigenvalue weighted by molar-refractivity contribution is 0.202. The van der Waals surface area contributed by atoms with Crippen molar-refractivity contribution in [1.82, 2.24) is 0 Å². The van der Waals surface area contributed by atoms with Crippen LogP contribution in [0, 0.1) is 0 Å². The summed E-state index contributed by atoms with van der Waals surface area (Å²) in [4.78, 5) is 0. The van der Waals surface area contributed by atoms with Crippen LogP contribution in [0.15, 0.2) is 0 Å². The fourth-order valence-electron chi connectivity index (χ4n) is 1.13. The summed E-state index contributed by atoms with van der Waals surface area (Å²) in [5, 5.41) is 9.14. The molecule has 86 valence electrons. The molecule has 0 aromatic heterocycles. The summed E-state index contributed by atoms with van der Waals surface area (Å²) >= 11 is 0. The van der Waals surface area contributed by atoms with E-state index in [0.717, 1.165) is 25.7 Å². The van der Waals surface area contributed by atoms with Gasteiger partial charge in [0.1, 0.15) is 0 Å². The molecular formula is C8H19NO4S. The van der Waals surface area contributed by atoms with E-state index >= 15 is 0 Å². The maximum atomic E-state index is 10.8. The molecule has 1 atom stereocenters. The van der Waals surface area contributed by atoms with Crippen molar-refractivity contribution >= 4 is 10.1 Å². The summed E-state index contributed by atoms with van der Waals surface area (Å²) in [6.45, 7) is 2.10. The van der Waals surface area contributed by atoms with E-state index in [1.807, 2.05) is 0 Å². The Morgan fingerprint density at radius 1 is 1.29 bits per heavy atom. The highest BCUT2D eigenvalue weighted by atomic mass is 32.2. The third-order valence-corrected chi connectivity index (χ3v) is 3.19. The van der Waals surface area contributed by atoms with Crippen LogP contribution in [0.5, 0.6) is 0 Å². The molecule has 0 aliphatic rings. The molecule has 14 heavy (non-hydrogen) atoms. The van der Waals surface area contributed by atoms with Gasteiger partial charge in [-0.05, 0) is 12.8 Å². The van der Waals surface area contributed by atoms with Gasteiger partial charge >= 0.3 is 10.1 Å². The van der Waals surface area contributed by atoms with Crippen molar-refractivity contribution < 1.29 is 17.8 Å². The fraction of sp³-hybridized carbons (Fsp3) is 1.00. The zero-order valence-electron chi connectivity index (χ0n) is 8.48. The normalized spacial score (nSPS) is 14.2. The third kappa shape index (κ3) is 5.54. The molecule has 0 fully saturated rings. The standard InChI is InChI=1S/C8H19NO4S/c1-2-3-4-5-6-7-8(10)14(11,12)13-9/h8,10H,2-7,9H2,1H3. The van der Waals surface area contributed by atoms with Crippen LogP contribution in [-0.4, -0.2) is 19.0 Å². The molecule has 1 unspecified atom stereocenters. The molecule has 0 saturated heterocycles. The van der Waals surface area contributed by atoms with Gasteiger partial charge in [-0.25, -0.2) is 0 Å². The molecule has 0 amide bonds. The fourth-order valence-corrected chi connectivity index (χ4v) is 1.71. The first-order valence-electron chi connectivity index (χ1n) is 4.84. The first-order chi connectivity index (χ1) is 6.54. The van der Waals surface area contributed by atoms with E-state index in [9.17, 15) is 8.42 Å². The van der Waals surface area contributed by atoms with E-state index in [0.29, 0.717) is 6.42 Å². The molecule has 0 aromatic rings. The summed E-state index contributed by atoms with van der Waals surface area (Å²) in [6.07, 6.45) is 5.10. The van der Waals surface area contributed by atoms with Gasteiger partial charge in [0.2, 0.25) is 0 Å². The summed E-state index contributed by atoms with van der Waals surface area (Å²) < 4.78 is 25.3. The minimum Gasteiger partial charge on any atom is -0.375 e. The summed E-state index contributed by atoms with van der Waals surface area (Å²) in [7, 11) is -3.96. The number of aliphatic hydroxyl groups is 1. The van der Waals surface area contributed by atoms with Crippen LogP contribution >= 0.6 is 0 Å². The van der Waals surface area contributed by atoms with Gasteiger partial charge in [-0.15, -0.1) is 0 Å². The Morgan fingerprint density at radius 3 is 2.36 bits per heavy atom. The van der Waals surface area contributed by atoms with Crippen LogP contribution in [-0.2, 0) is 14.4 Å². The molecule has 0 radical (unpaired) electrons. The molecule has 0 aliphatic carbocycles. The smallest absolute Gasteiger partial charge is 0.310 e. The Labute approximate surface area is 85.3 Å². The van der Waals surface area contributed by atoms with Gasteiger partial charge in [0, 0.05) is 0 Å². The van der Waals surface area contributed by atoms with Gasteiger partial charge < -0.3 is 5.11 Å². The number of aliphatic hydroxyl groups excluding tert-OH is 1. The van der Waals surface area contributed by atoms with Crippen LogP contribution in [0.3, 0.4) is 0 Å². The molecule has 0 saturated carbocycles. The third-order valence-electron chi connectivity index (χ3n) is 2.02. The molecule has 0 aromatic carbocycles. The van der Waals surface area contributed by atoms with E-state index in [1.165, 1.54) is 0 Å². The minimum atomic E-state index is -3.96. The predicted molar refractivity (Wildman–Crippen MR) is 53.6 cm³/mol. The Hall–Kier alpha value is -0.170. The average Bonchev–Trinajstić information content (AvgIpc) is 2.17. The molecule has 0 spiro atoms. The summed E-state index contributed by atoms with van der Waals surface area (Å²) in [5.74, 6) is 4.51. The summed E-state index contributed by atoms with van der Waals surface area (Å²) in [5.41, 5.74) is -1.49. The lowest BCUT2D eigenvalue weighted by atomic mass is 10.1. The molecule has 0 bridgehead atoms. The number of unbranched alkanes of at least 4 members (excludes halogenated alkanes) is 4. The van der Waals surface area contributed by atoms with Crippen molar-refractivity contribution in [3.63, 3.8) is 0 Å². The van der Waals surface area contributed by atoms with Crippen molar-refractivity contribution in [2.75, 3.05) is 0 Å². The van der Waals surface area contributed by atoms with Crippen molar-refractivity contribution in [2.45, 2.75) is 50.9 Å². The second-order valence-corrected chi connectivity index (χ2v) is 4.97. The maximum Gasteiger partial charge on any atom is 0.310 e. The number of hydrogen-bond donors (Lipinski definition) is 2. The number of hydrogen-bond acceptors (Lipinski definition) is 5. The average molecular weight is 225 g/mol. The molecule has 0 aliphatic heterocycles. The monoisotopic (exact) mass is 225 g/mol. The molecule has 3 N–H and O–H groups in total. The van der Waals surface area contributed by atoms with Crippen LogP contribution in [0.25, 0.3) is 0 Å². The van der Waals surface area contributed by atoms with Gasteiger partial charge in [-0.1, -0.05) is 32.6 Å². The molecule has 5 nitrogen and oxygen atoms in total. The largest absolute Gasteiger partial charge is 0.375 e. The van der Waals surface area contributed by atoms with Crippen LogP contribution in [0.1, 0.15) is 45.4 Å². The van der Waals surface area contributed by atoms with Crippen molar-refractivity contribution in [1.29, 1.82) is 0 Å². The van der Waals surface area contributed by atoms with Gasteiger partial charge in [-0.2, -0.15) is 18.6 Å². The molecule has 6 heteroatoms. The van der Waals surface area contributed by atoms with E-state index in [-0.39, 0.29) is 6.42 Å². The SMILES string of the molecule is CCCCCCCC(O)S(=O)(=O)ON. The lowest BCUT2D eigenvalue weighted by Crippen LogP contribution is -2.25. The van der Waals surface area contributed by atoms with Crippen molar-refractivity contribution in [3.05, 3.63) is 0 Å². The van der Waals surface area contributed by atoms with Crippen LogP contribution in [0.4, 0.5) is 0 Å². The second-order valence-electron chi connectivity index (χ2n) is 3.25. The van der Waals surface area contributed by atoms with Gasteiger partial charge in [0.05, 0.1) is 0 Å². The highest BCUT2D eigenvalue weighted by Gasteiger charge is 2.21.